The molecule has 0 bridgehead atoms. The van der Waals surface area contributed by atoms with Crippen molar-refractivity contribution in [3.8, 4) is 0 Å². The molecule has 13 heavy (non-hydrogen) atoms. The molecule has 0 aliphatic rings. The number of nitro benzene ring substituents is 1. The molecular weight excluding hydrogens is 238 g/mol. The predicted molar refractivity (Wildman–Crippen MR) is 53.1 cm³/mol. The molecule has 0 amide bonds. The number of rotatable bonds is 2. The first kappa shape index (κ1) is 9.66. The fraction of sp³-hybridized carbons (Fsp3) is 0. The molecule has 0 spiro atoms. The molecule has 0 unspecified atom stereocenters. The Labute approximate surface area is 82.3 Å². The van der Waals surface area contributed by atoms with Crippen LogP contribution >= 0.6 is 15.9 Å². The highest BCUT2D eigenvalue weighted by Crippen LogP contribution is 2.28. The maximum atomic E-state index is 10.5. The highest BCUT2D eigenvalue weighted by atomic mass is 79.9. The summed E-state index contributed by atoms with van der Waals surface area (Å²) in [6.07, 6.45) is 0.981. The lowest BCUT2D eigenvalue weighted by molar-refractivity contribution is -0.385. The van der Waals surface area contributed by atoms with Crippen LogP contribution in [0.15, 0.2) is 16.6 Å². The maximum absolute atomic E-state index is 10.5. The average Bonchev–Trinajstić information content (AvgIpc) is 2.03. The number of anilines is 1. The van der Waals surface area contributed by atoms with E-state index in [9.17, 15) is 10.1 Å². The Hall–Kier alpha value is -1.43. The van der Waals surface area contributed by atoms with Crippen LogP contribution in [0, 0.1) is 15.5 Å². The SMILES string of the molecule is N=Cc1cc([N+](=O)[O-])c(Br)cc1N. The number of hydrogen-bond donors (Lipinski definition) is 2. The van der Waals surface area contributed by atoms with E-state index >= 15 is 0 Å². The van der Waals surface area contributed by atoms with Gasteiger partial charge in [-0.2, -0.15) is 0 Å². The molecule has 1 aromatic carbocycles. The number of halogens is 1. The van der Waals surface area contributed by atoms with Crippen LogP contribution in [0.5, 0.6) is 0 Å². The molecular formula is C7H6BrN3O2. The fourth-order valence-corrected chi connectivity index (χ4v) is 1.36. The van der Waals surface area contributed by atoms with Gasteiger partial charge in [0.1, 0.15) is 0 Å². The molecule has 1 rings (SSSR count). The van der Waals surface area contributed by atoms with Crippen molar-refractivity contribution < 1.29 is 4.92 Å². The smallest absolute Gasteiger partial charge is 0.284 e. The summed E-state index contributed by atoms with van der Waals surface area (Å²) < 4.78 is 0.320. The van der Waals surface area contributed by atoms with Gasteiger partial charge in [-0.3, -0.25) is 10.1 Å². The highest BCUT2D eigenvalue weighted by Gasteiger charge is 2.13. The third-order valence-electron chi connectivity index (χ3n) is 1.50. The number of nitrogens with two attached hydrogens (primary N) is 1. The molecule has 0 saturated carbocycles. The molecule has 0 aromatic heterocycles. The Morgan fingerprint density at radius 2 is 2.23 bits per heavy atom. The minimum Gasteiger partial charge on any atom is -0.398 e. The number of benzene rings is 1. The van der Waals surface area contributed by atoms with Crippen LogP contribution in [0.1, 0.15) is 5.56 Å². The van der Waals surface area contributed by atoms with Crippen LogP contribution < -0.4 is 5.73 Å². The lowest BCUT2D eigenvalue weighted by atomic mass is 10.2. The largest absolute Gasteiger partial charge is 0.398 e. The summed E-state index contributed by atoms with van der Waals surface area (Å²) in [6, 6.07) is 2.67. The highest BCUT2D eigenvalue weighted by molar-refractivity contribution is 9.10. The van der Waals surface area contributed by atoms with Gasteiger partial charge in [-0.25, -0.2) is 0 Å². The van der Waals surface area contributed by atoms with E-state index in [1.807, 2.05) is 0 Å². The van der Waals surface area contributed by atoms with Crippen LogP contribution in [0.4, 0.5) is 11.4 Å². The minimum absolute atomic E-state index is 0.0901. The van der Waals surface area contributed by atoms with Crippen molar-refractivity contribution >= 4 is 33.5 Å². The number of nitro groups is 1. The van der Waals surface area contributed by atoms with Crippen molar-refractivity contribution in [1.29, 1.82) is 5.41 Å². The summed E-state index contributed by atoms with van der Waals surface area (Å²) in [6.45, 7) is 0. The zero-order valence-electron chi connectivity index (χ0n) is 6.45. The first-order valence-electron chi connectivity index (χ1n) is 3.30. The Bertz CT molecular complexity index is 378. The van der Waals surface area contributed by atoms with Gasteiger partial charge < -0.3 is 11.1 Å². The van der Waals surface area contributed by atoms with Gasteiger partial charge in [-0.15, -0.1) is 0 Å². The van der Waals surface area contributed by atoms with Gasteiger partial charge in [-0.1, -0.05) is 0 Å². The van der Waals surface area contributed by atoms with E-state index in [2.05, 4.69) is 15.9 Å². The summed E-state index contributed by atoms with van der Waals surface area (Å²) in [4.78, 5) is 9.93. The first-order valence-corrected chi connectivity index (χ1v) is 4.09. The number of nitrogens with one attached hydrogen (secondary N) is 1. The second kappa shape index (κ2) is 3.53. The van der Waals surface area contributed by atoms with Gasteiger partial charge in [-0.05, 0) is 22.0 Å². The lowest BCUT2D eigenvalue weighted by Crippen LogP contribution is -1.96. The molecule has 6 heteroatoms. The average molecular weight is 244 g/mol. The molecule has 0 radical (unpaired) electrons. The van der Waals surface area contributed by atoms with Crippen LogP contribution in [0.3, 0.4) is 0 Å². The predicted octanol–water partition coefficient (Wildman–Crippen LogP) is 1.94. The second-order valence-corrected chi connectivity index (χ2v) is 3.19. The number of nitrogens with zero attached hydrogens (tertiary/aromatic N) is 1. The van der Waals surface area contributed by atoms with Crippen LogP contribution in [0.2, 0.25) is 0 Å². The molecule has 5 nitrogen and oxygen atoms in total. The van der Waals surface area contributed by atoms with E-state index in [1.54, 1.807) is 0 Å². The molecule has 0 saturated heterocycles. The lowest BCUT2D eigenvalue weighted by Gasteiger charge is -2.00. The molecule has 0 heterocycles. The molecule has 1 aromatic rings. The van der Waals surface area contributed by atoms with Crippen molar-refractivity contribution in [1.82, 2.24) is 0 Å². The van der Waals surface area contributed by atoms with Crippen LogP contribution in [-0.2, 0) is 0 Å². The Kier molecular flexibility index (Phi) is 2.62. The molecule has 3 N–H and O–H groups in total. The summed E-state index contributed by atoms with van der Waals surface area (Å²) in [7, 11) is 0. The summed E-state index contributed by atoms with van der Waals surface area (Å²) in [5, 5.41) is 17.4. The van der Waals surface area contributed by atoms with Gasteiger partial charge >= 0.3 is 0 Å². The van der Waals surface area contributed by atoms with E-state index in [-0.39, 0.29) is 5.69 Å². The molecule has 0 fully saturated rings. The zero-order valence-corrected chi connectivity index (χ0v) is 8.04. The number of nitrogen functional groups attached to an aromatic ring is 1. The standard InChI is InChI=1S/C7H6BrN3O2/c8-5-2-6(10)4(3-9)1-7(5)11(12)13/h1-3,9H,10H2. The summed E-state index contributed by atoms with van der Waals surface area (Å²) >= 11 is 3.01. The van der Waals surface area contributed by atoms with E-state index in [4.69, 9.17) is 11.1 Å². The second-order valence-electron chi connectivity index (χ2n) is 2.33. The fourth-order valence-electron chi connectivity index (χ4n) is 0.858. The minimum atomic E-state index is -0.531. The van der Waals surface area contributed by atoms with Crippen molar-refractivity contribution in [2.75, 3.05) is 5.73 Å². The van der Waals surface area contributed by atoms with Crippen LogP contribution in [-0.4, -0.2) is 11.1 Å². The van der Waals surface area contributed by atoms with Gasteiger partial charge in [0.25, 0.3) is 5.69 Å². The first-order chi connectivity index (χ1) is 6.06. The molecule has 0 atom stereocenters. The zero-order chi connectivity index (χ0) is 10.0. The van der Waals surface area contributed by atoms with Crippen molar-refractivity contribution in [3.63, 3.8) is 0 Å². The third-order valence-corrected chi connectivity index (χ3v) is 2.14. The van der Waals surface area contributed by atoms with Gasteiger partial charge in [0, 0.05) is 23.5 Å². The quantitative estimate of drug-likeness (QED) is 0.360. The summed E-state index contributed by atoms with van der Waals surface area (Å²) in [5.41, 5.74) is 6.09. The number of hydrogen-bond acceptors (Lipinski definition) is 4. The van der Waals surface area contributed by atoms with E-state index in [0.717, 1.165) is 6.21 Å². The maximum Gasteiger partial charge on any atom is 0.284 e. The normalized spacial score (nSPS) is 9.62. The van der Waals surface area contributed by atoms with E-state index < -0.39 is 4.92 Å². The Balaban J connectivity index is 3.38. The Morgan fingerprint density at radius 1 is 1.62 bits per heavy atom. The van der Waals surface area contributed by atoms with Crippen LogP contribution in [0.25, 0.3) is 0 Å². The van der Waals surface area contributed by atoms with E-state index in [1.165, 1.54) is 12.1 Å². The molecule has 68 valence electrons. The van der Waals surface area contributed by atoms with E-state index in [0.29, 0.717) is 15.7 Å². The van der Waals surface area contributed by atoms with Crippen molar-refractivity contribution in [2.45, 2.75) is 0 Å². The van der Waals surface area contributed by atoms with Gasteiger partial charge in [0.15, 0.2) is 0 Å². The van der Waals surface area contributed by atoms with Gasteiger partial charge in [0.05, 0.1) is 9.40 Å². The Morgan fingerprint density at radius 3 is 2.69 bits per heavy atom. The topological polar surface area (TPSA) is 93.0 Å². The monoisotopic (exact) mass is 243 g/mol. The summed E-state index contributed by atoms with van der Waals surface area (Å²) in [5.74, 6) is 0. The molecule has 0 aliphatic carbocycles. The molecule has 0 aliphatic heterocycles. The van der Waals surface area contributed by atoms with Crippen molar-refractivity contribution in [3.05, 3.63) is 32.3 Å². The third kappa shape index (κ3) is 1.83. The van der Waals surface area contributed by atoms with Gasteiger partial charge in [0.2, 0.25) is 0 Å². The van der Waals surface area contributed by atoms with Crippen molar-refractivity contribution in [2.24, 2.45) is 0 Å².